The Morgan fingerprint density at radius 3 is 2.85 bits per heavy atom. The number of hydrogen-bond acceptors (Lipinski definition) is 4. The normalized spacial score (nSPS) is 11.8. The molecule has 0 spiro atoms. The lowest BCUT2D eigenvalue weighted by Crippen LogP contribution is -2.12. The molecular weight excluding hydrogens is 214 g/mol. The largest absolute Gasteiger partial charge is 0.316 e. The second-order valence-corrected chi connectivity index (χ2v) is 5.23. The van der Waals surface area contributed by atoms with E-state index in [1.165, 1.54) is 12.6 Å². The minimum absolute atomic E-state index is 0.0783. The zero-order chi connectivity index (χ0) is 9.90. The summed E-state index contributed by atoms with van der Waals surface area (Å²) in [6, 6.07) is 0. The number of nitrogens with zero attached hydrogens (tertiary/aromatic N) is 3. The van der Waals surface area contributed by atoms with Gasteiger partial charge in [-0.1, -0.05) is 0 Å². The number of halogens is 1. The highest BCUT2D eigenvalue weighted by Crippen LogP contribution is 1.99. The summed E-state index contributed by atoms with van der Waals surface area (Å²) >= 11 is 5.55. The van der Waals surface area contributed by atoms with Gasteiger partial charge in [-0.05, 0) is 0 Å². The molecule has 0 aliphatic heterocycles. The van der Waals surface area contributed by atoms with Gasteiger partial charge in [-0.2, -0.15) is 0 Å². The molecule has 0 saturated heterocycles. The van der Waals surface area contributed by atoms with Gasteiger partial charge in [-0.3, -0.25) is 0 Å². The third-order valence-electron chi connectivity index (χ3n) is 1.52. The summed E-state index contributed by atoms with van der Waals surface area (Å²) in [5.74, 6) is 0.906. The maximum absolute atomic E-state index is 10.8. The van der Waals surface area contributed by atoms with Crippen molar-refractivity contribution >= 4 is 21.4 Å². The smallest absolute Gasteiger partial charge is 0.149 e. The van der Waals surface area contributed by atoms with E-state index in [2.05, 4.69) is 10.2 Å². The van der Waals surface area contributed by atoms with Gasteiger partial charge in [0.15, 0.2) is 0 Å². The number of sulfone groups is 1. The quantitative estimate of drug-likeness (QED) is 0.678. The molecule has 74 valence electrons. The number of rotatable bonds is 4. The Bertz CT molecular complexity index is 373. The zero-order valence-corrected chi connectivity index (χ0v) is 8.72. The zero-order valence-electron chi connectivity index (χ0n) is 7.14. The third-order valence-corrected chi connectivity index (χ3v) is 2.68. The Kier molecular flexibility index (Phi) is 3.27. The molecule has 5 nitrogen and oxygen atoms in total. The molecule has 0 aromatic carbocycles. The van der Waals surface area contributed by atoms with E-state index < -0.39 is 9.84 Å². The lowest BCUT2D eigenvalue weighted by Gasteiger charge is -2.02. The van der Waals surface area contributed by atoms with Gasteiger partial charge in [0.05, 0.1) is 11.6 Å². The van der Waals surface area contributed by atoms with E-state index in [9.17, 15) is 8.42 Å². The second kappa shape index (κ2) is 4.06. The van der Waals surface area contributed by atoms with Crippen LogP contribution >= 0.6 is 11.6 Å². The van der Waals surface area contributed by atoms with Crippen molar-refractivity contribution in [2.24, 2.45) is 0 Å². The van der Waals surface area contributed by atoms with Crippen LogP contribution in [0.5, 0.6) is 0 Å². The Hall–Kier alpha value is -0.620. The average Bonchev–Trinajstić information content (AvgIpc) is 2.46. The van der Waals surface area contributed by atoms with Crippen molar-refractivity contribution in [1.82, 2.24) is 14.8 Å². The van der Waals surface area contributed by atoms with Crippen LogP contribution in [0.2, 0.25) is 0 Å². The van der Waals surface area contributed by atoms with E-state index in [1.807, 2.05) is 0 Å². The minimum atomic E-state index is -2.94. The van der Waals surface area contributed by atoms with Gasteiger partial charge in [0.1, 0.15) is 22.0 Å². The molecule has 0 saturated carbocycles. The SMILES string of the molecule is CS(=O)(=O)CCn1cnnc1CCl. The molecule has 1 aromatic heterocycles. The molecular formula is C6H10ClN3O2S. The molecule has 0 N–H and O–H groups in total. The number of aromatic nitrogens is 3. The fraction of sp³-hybridized carbons (Fsp3) is 0.667. The third kappa shape index (κ3) is 3.31. The molecule has 13 heavy (non-hydrogen) atoms. The molecule has 0 atom stereocenters. The van der Waals surface area contributed by atoms with Crippen LogP contribution in [0.3, 0.4) is 0 Å². The number of hydrogen-bond donors (Lipinski definition) is 0. The molecule has 1 rings (SSSR count). The first kappa shape index (κ1) is 10.5. The maximum atomic E-state index is 10.8. The van der Waals surface area contributed by atoms with Crippen molar-refractivity contribution in [1.29, 1.82) is 0 Å². The highest BCUT2D eigenvalue weighted by Gasteiger charge is 2.06. The summed E-state index contributed by atoms with van der Waals surface area (Å²) in [4.78, 5) is 0. The summed E-state index contributed by atoms with van der Waals surface area (Å²) in [6.45, 7) is 0.355. The van der Waals surface area contributed by atoms with Crippen LogP contribution in [0.1, 0.15) is 5.82 Å². The monoisotopic (exact) mass is 223 g/mol. The van der Waals surface area contributed by atoms with E-state index in [4.69, 9.17) is 11.6 Å². The van der Waals surface area contributed by atoms with Crippen molar-refractivity contribution in [3.05, 3.63) is 12.2 Å². The molecule has 0 aliphatic carbocycles. The predicted molar refractivity (Wildman–Crippen MR) is 49.3 cm³/mol. The van der Waals surface area contributed by atoms with E-state index in [1.54, 1.807) is 4.57 Å². The topological polar surface area (TPSA) is 64.8 Å². The van der Waals surface area contributed by atoms with Gasteiger partial charge in [0, 0.05) is 12.8 Å². The van der Waals surface area contributed by atoms with Crippen LogP contribution in [0.25, 0.3) is 0 Å². The average molecular weight is 224 g/mol. The van der Waals surface area contributed by atoms with Crippen molar-refractivity contribution in [3.63, 3.8) is 0 Å². The fourth-order valence-electron chi connectivity index (χ4n) is 0.833. The van der Waals surface area contributed by atoms with Gasteiger partial charge >= 0.3 is 0 Å². The predicted octanol–water partition coefficient (Wildman–Crippen LogP) is 0.0615. The summed E-state index contributed by atoms with van der Waals surface area (Å²) in [5, 5.41) is 7.35. The van der Waals surface area contributed by atoms with Gasteiger partial charge in [-0.15, -0.1) is 21.8 Å². The highest BCUT2D eigenvalue weighted by atomic mass is 35.5. The maximum Gasteiger partial charge on any atom is 0.149 e. The summed E-state index contributed by atoms with van der Waals surface area (Å²) in [7, 11) is -2.94. The molecule has 1 aromatic rings. The Morgan fingerprint density at radius 2 is 2.31 bits per heavy atom. The molecule has 7 heteroatoms. The number of aryl methyl sites for hydroxylation is 1. The molecule has 0 fully saturated rings. The molecule has 0 unspecified atom stereocenters. The van der Waals surface area contributed by atoms with Gasteiger partial charge in [0.2, 0.25) is 0 Å². The molecule has 0 aliphatic rings. The number of alkyl halides is 1. The van der Waals surface area contributed by atoms with Crippen molar-refractivity contribution in [3.8, 4) is 0 Å². The first-order chi connectivity index (χ1) is 6.03. The molecule has 0 amide bonds. The van der Waals surface area contributed by atoms with Crippen LogP contribution in [0.15, 0.2) is 6.33 Å². The molecule has 1 heterocycles. The van der Waals surface area contributed by atoms with Crippen LogP contribution in [0.4, 0.5) is 0 Å². The van der Waals surface area contributed by atoms with E-state index in [-0.39, 0.29) is 11.6 Å². The first-order valence-electron chi connectivity index (χ1n) is 3.63. The van der Waals surface area contributed by atoms with Gasteiger partial charge in [-0.25, -0.2) is 8.42 Å². The molecule has 0 bridgehead atoms. The Morgan fingerprint density at radius 1 is 1.62 bits per heavy atom. The summed E-state index contributed by atoms with van der Waals surface area (Å²) in [6.07, 6.45) is 2.67. The summed E-state index contributed by atoms with van der Waals surface area (Å²) < 4.78 is 23.3. The van der Waals surface area contributed by atoms with E-state index >= 15 is 0 Å². The highest BCUT2D eigenvalue weighted by molar-refractivity contribution is 7.90. The van der Waals surface area contributed by atoms with Crippen LogP contribution in [-0.4, -0.2) is 35.2 Å². The lowest BCUT2D eigenvalue weighted by atomic mass is 10.6. The van der Waals surface area contributed by atoms with Crippen molar-refractivity contribution in [2.45, 2.75) is 12.4 Å². The van der Waals surface area contributed by atoms with Gasteiger partial charge < -0.3 is 4.57 Å². The Balaban J connectivity index is 2.64. The lowest BCUT2D eigenvalue weighted by molar-refractivity contribution is 0.593. The van der Waals surface area contributed by atoms with Crippen molar-refractivity contribution in [2.75, 3.05) is 12.0 Å². The van der Waals surface area contributed by atoms with E-state index in [0.717, 1.165) is 0 Å². The van der Waals surface area contributed by atoms with Crippen LogP contribution in [0, 0.1) is 0 Å². The minimum Gasteiger partial charge on any atom is -0.316 e. The second-order valence-electron chi connectivity index (χ2n) is 2.70. The van der Waals surface area contributed by atoms with Gasteiger partial charge in [0.25, 0.3) is 0 Å². The van der Waals surface area contributed by atoms with Crippen molar-refractivity contribution < 1.29 is 8.42 Å². The van der Waals surface area contributed by atoms with Crippen LogP contribution in [-0.2, 0) is 22.3 Å². The fourth-order valence-corrected chi connectivity index (χ4v) is 1.57. The van der Waals surface area contributed by atoms with E-state index in [0.29, 0.717) is 12.4 Å². The standard InChI is InChI=1S/C6H10ClN3O2S/c1-13(11,12)3-2-10-5-8-9-6(10)4-7/h5H,2-4H2,1H3. The summed E-state index contributed by atoms with van der Waals surface area (Å²) in [5.41, 5.74) is 0. The Labute approximate surface area is 81.6 Å². The molecule has 0 radical (unpaired) electrons. The first-order valence-corrected chi connectivity index (χ1v) is 6.23. The van der Waals surface area contributed by atoms with Crippen LogP contribution < -0.4 is 0 Å².